The minimum Gasteiger partial charge on any atom is -0.497 e. The van der Waals surface area contributed by atoms with Gasteiger partial charge in [-0.1, -0.05) is 24.3 Å². The standard InChI is InChI=1S/C17H17N3O3S/c1-23-15-8-6-14(7-9-15)20-16(21)19(17(22)24-20)11-13-4-2-12(10-18)3-5-13/h2-9H,10-11,18H2,1H3. The van der Waals surface area contributed by atoms with Crippen molar-refractivity contribution in [3.05, 3.63) is 79.8 Å². The first-order valence-electron chi connectivity index (χ1n) is 7.38. The summed E-state index contributed by atoms with van der Waals surface area (Å²) in [4.78, 5) is 24.5. The Morgan fingerprint density at radius 3 is 2.21 bits per heavy atom. The van der Waals surface area contributed by atoms with Gasteiger partial charge in [-0.25, -0.2) is 13.3 Å². The number of nitrogens with zero attached hydrogens (tertiary/aromatic N) is 2. The summed E-state index contributed by atoms with van der Waals surface area (Å²) in [5.41, 5.74) is 7.75. The van der Waals surface area contributed by atoms with Crippen molar-refractivity contribution in [1.29, 1.82) is 0 Å². The molecule has 0 aliphatic rings. The van der Waals surface area contributed by atoms with Crippen molar-refractivity contribution in [3.8, 4) is 11.4 Å². The molecule has 2 aromatic carbocycles. The quantitative estimate of drug-likeness (QED) is 0.763. The zero-order valence-corrected chi connectivity index (χ0v) is 14.0. The second-order valence-corrected chi connectivity index (χ2v) is 6.14. The summed E-state index contributed by atoms with van der Waals surface area (Å²) in [6.07, 6.45) is 0. The van der Waals surface area contributed by atoms with Crippen LogP contribution in [-0.4, -0.2) is 15.6 Å². The van der Waals surface area contributed by atoms with E-state index in [2.05, 4.69) is 0 Å². The van der Waals surface area contributed by atoms with Crippen LogP contribution in [0, 0.1) is 0 Å². The third kappa shape index (κ3) is 3.17. The van der Waals surface area contributed by atoms with Gasteiger partial charge in [0.15, 0.2) is 0 Å². The van der Waals surface area contributed by atoms with Crippen molar-refractivity contribution < 1.29 is 4.74 Å². The predicted octanol–water partition coefficient (Wildman–Crippen LogP) is 1.58. The summed E-state index contributed by atoms with van der Waals surface area (Å²) in [7, 11) is 1.58. The van der Waals surface area contributed by atoms with Crippen LogP contribution in [0.5, 0.6) is 5.75 Å². The third-order valence-corrected chi connectivity index (χ3v) is 4.63. The Kier molecular flexibility index (Phi) is 4.64. The molecule has 0 radical (unpaired) electrons. The molecule has 1 heterocycles. The first-order valence-corrected chi connectivity index (χ1v) is 8.15. The highest BCUT2D eigenvalue weighted by atomic mass is 32.1. The Labute approximate surface area is 142 Å². The van der Waals surface area contributed by atoms with E-state index in [4.69, 9.17) is 10.5 Å². The molecule has 0 unspecified atom stereocenters. The minimum absolute atomic E-state index is 0.238. The van der Waals surface area contributed by atoms with Gasteiger partial charge < -0.3 is 10.5 Å². The number of aromatic nitrogens is 2. The van der Waals surface area contributed by atoms with Crippen molar-refractivity contribution in [2.24, 2.45) is 5.73 Å². The van der Waals surface area contributed by atoms with Gasteiger partial charge in [0.25, 0.3) is 0 Å². The van der Waals surface area contributed by atoms with Gasteiger partial charge in [-0.2, -0.15) is 0 Å². The first kappa shape index (κ1) is 16.2. The summed E-state index contributed by atoms with van der Waals surface area (Å²) in [6, 6.07) is 14.5. The highest BCUT2D eigenvalue weighted by molar-refractivity contribution is 7.03. The number of benzene rings is 2. The lowest BCUT2D eigenvalue weighted by molar-refractivity contribution is 0.415. The average molecular weight is 343 g/mol. The fourth-order valence-corrected chi connectivity index (χ4v) is 3.13. The van der Waals surface area contributed by atoms with Gasteiger partial charge in [-0.05, 0) is 35.4 Å². The van der Waals surface area contributed by atoms with Crippen molar-refractivity contribution in [3.63, 3.8) is 0 Å². The zero-order chi connectivity index (χ0) is 17.1. The van der Waals surface area contributed by atoms with Crippen molar-refractivity contribution in [1.82, 2.24) is 8.52 Å². The Morgan fingerprint density at radius 1 is 1.00 bits per heavy atom. The van der Waals surface area contributed by atoms with Gasteiger partial charge in [0.2, 0.25) is 0 Å². The lowest BCUT2D eigenvalue weighted by Gasteiger charge is -2.03. The maximum atomic E-state index is 12.6. The number of hydrogen-bond donors (Lipinski definition) is 1. The van der Waals surface area contributed by atoms with E-state index in [1.54, 1.807) is 31.4 Å². The maximum absolute atomic E-state index is 12.6. The molecule has 2 N–H and O–H groups in total. The molecule has 0 aliphatic carbocycles. The SMILES string of the molecule is COc1ccc(-n2sc(=O)n(Cc3ccc(CN)cc3)c2=O)cc1. The largest absolute Gasteiger partial charge is 0.497 e. The normalized spacial score (nSPS) is 10.8. The Bertz CT molecular complexity index is 937. The van der Waals surface area contributed by atoms with Crippen molar-refractivity contribution in [2.45, 2.75) is 13.1 Å². The summed E-state index contributed by atoms with van der Waals surface area (Å²) >= 11 is 0.885. The fraction of sp³-hybridized carbons (Fsp3) is 0.176. The van der Waals surface area contributed by atoms with Crippen LogP contribution in [0.15, 0.2) is 58.1 Å². The molecule has 0 amide bonds. The molecule has 3 rings (SSSR count). The molecule has 6 nitrogen and oxygen atoms in total. The Morgan fingerprint density at radius 2 is 1.62 bits per heavy atom. The highest BCUT2D eigenvalue weighted by Crippen LogP contribution is 2.14. The van der Waals surface area contributed by atoms with Gasteiger partial charge >= 0.3 is 10.6 Å². The van der Waals surface area contributed by atoms with Gasteiger partial charge in [0.05, 0.1) is 19.3 Å². The average Bonchev–Trinajstić information content (AvgIpc) is 2.90. The number of hydrogen-bond acceptors (Lipinski definition) is 5. The molecule has 0 aliphatic heterocycles. The summed E-state index contributed by atoms with van der Waals surface area (Å²) in [5, 5.41) is 0. The van der Waals surface area contributed by atoms with Crippen molar-refractivity contribution in [2.75, 3.05) is 7.11 Å². The number of rotatable bonds is 5. The Balaban J connectivity index is 1.93. The highest BCUT2D eigenvalue weighted by Gasteiger charge is 2.12. The van der Waals surface area contributed by atoms with E-state index in [1.165, 1.54) is 8.52 Å². The first-order chi connectivity index (χ1) is 11.6. The van der Waals surface area contributed by atoms with Crippen LogP contribution in [-0.2, 0) is 13.1 Å². The molecule has 0 fully saturated rings. The second kappa shape index (κ2) is 6.86. The molecular weight excluding hydrogens is 326 g/mol. The van der Waals surface area contributed by atoms with Crippen LogP contribution >= 0.6 is 11.5 Å². The maximum Gasteiger partial charge on any atom is 0.346 e. The van der Waals surface area contributed by atoms with Crippen LogP contribution in [0.1, 0.15) is 11.1 Å². The lowest BCUT2D eigenvalue weighted by atomic mass is 10.1. The van der Waals surface area contributed by atoms with Gasteiger partial charge in [-0.3, -0.25) is 4.79 Å². The Hall–Kier alpha value is -2.64. The van der Waals surface area contributed by atoms with Crippen LogP contribution in [0.2, 0.25) is 0 Å². The monoisotopic (exact) mass is 343 g/mol. The van der Waals surface area contributed by atoms with Crippen LogP contribution in [0.25, 0.3) is 5.69 Å². The van der Waals surface area contributed by atoms with Crippen LogP contribution in [0.4, 0.5) is 0 Å². The minimum atomic E-state index is -0.349. The molecule has 0 atom stereocenters. The van der Waals surface area contributed by atoms with E-state index in [0.29, 0.717) is 18.0 Å². The molecule has 0 saturated carbocycles. The smallest absolute Gasteiger partial charge is 0.346 e. The lowest BCUT2D eigenvalue weighted by Crippen LogP contribution is -2.28. The number of ether oxygens (including phenoxy) is 1. The fourth-order valence-electron chi connectivity index (χ4n) is 2.33. The summed E-state index contributed by atoms with van der Waals surface area (Å²) < 4.78 is 7.72. The molecule has 24 heavy (non-hydrogen) atoms. The molecule has 1 aromatic heterocycles. The zero-order valence-electron chi connectivity index (χ0n) is 13.1. The molecule has 7 heteroatoms. The van der Waals surface area contributed by atoms with E-state index in [0.717, 1.165) is 22.7 Å². The predicted molar refractivity (Wildman–Crippen MR) is 94.2 cm³/mol. The van der Waals surface area contributed by atoms with Crippen LogP contribution < -0.4 is 21.0 Å². The van der Waals surface area contributed by atoms with Crippen LogP contribution in [0.3, 0.4) is 0 Å². The molecule has 0 spiro atoms. The molecule has 3 aromatic rings. The van der Waals surface area contributed by atoms with Gasteiger partial charge in [0, 0.05) is 18.1 Å². The molecule has 0 saturated heterocycles. The van der Waals surface area contributed by atoms with Gasteiger partial charge in [0.1, 0.15) is 5.75 Å². The van der Waals surface area contributed by atoms with E-state index in [-0.39, 0.29) is 17.1 Å². The topological polar surface area (TPSA) is 79.2 Å². The van der Waals surface area contributed by atoms with E-state index >= 15 is 0 Å². The molecule has 124 valence electrons. The van der Waals surface area contributed by atoms with E-state index in [9.17, 15) is 9.59 Å². The summed E-state index contributed by atoms with van der Waals surface area (Å²) in [5.74, 6) is 0.693. The van der Waals surface area contributed by atoms with Gasteiger partial charge in [-0.15, -0.1) is 0 Å². The second-order valence-electron chi connectivity index (χ2n) is 5.24. The number of nitrogens with two attached hydrogens (primary N) is 1. The number of methoxy groups -OCH3 is 1. The summed E-state index contributed by atoms with van der Waals surface area (Å²) in [6.45, 7) is 0.700. The van der Waals surface area contributed by atoms with Crippen molar-refractivity contribution >= 4 is 11.5 Å². The van der Waals surface area contributed by atoms with E-state index in [1.807, 2.05) is 24.3 Å². The van der Waals surface area contributed by atoms with E-state index < -0.39 is 0 Å². The third-order valence-electron chi connectivity index (χ3n) is 3.70. The molecule has 0 bridgehead atoms. The molecular formula is C17H17N3O3S.